The molecule has 1 N–H and O–H groups in total. The van der Waals surface area contributed by atoms with Gasteiger partial charge in [0.2, 0.25) is 0 Å². The van der Waals surface area contributed by atoms with Crippen LogP contribution in [0.5, 0.6) is 0 Å². The second-order valence-corrected chi connectivity index (χ2v) is 11.0. The monoisotopic (exact) mass is 569 g/mol. The molecule has 0 unspecified atom stereocenters. The van der Waals surface area contributed by atoms with Crippen LogP contribution in [0.1, 0.15) is 35.2 Å². The molecule has 214 valence electrons. The molecule has 0 bridgehead atoms. The average molecular weight is 570 g/mol. The molecule has 1 amide bonds. The summed E-state index contributed by atoms with van der Waals surface area (Å²) in [5.41, 5.74) is 1.90. The molecule has 0 radical (unpaired) electrons. The Morgan fingerprint density at radius 1 is 1.00 bits per heavy atom. The number of nitrogens with one attached hydrogen (secondary N) is 1. The molecule has 0 aromatic heterocycles. The third-order valence-corrected chi connectivity index (χ3v) is 7.84. The topological polar surface area (TPSA) is 42.1 Å². The Hall–Kier alpha value is -2.40. The minimum atomic E-state index is -4.18. The number of nitrogens with zero attached hydrogens (tertiary/aromatic N) is 4. The largest absolute Gasteiger partial charge is 0.390 e. The van der Waals surface area contributed by atoms with Crippen molar-refractivity contribution in [3.05, 3.63) is 58.4 Å². The summed E-state index contributed by atoms with van der Waals surface area (Å²) < 4.78 is 52.8. The predicted molar refractivity (Wildman–Crippen MR) is 147 cm³/mol. The highest BCUT2D eigenvalue weighted by Crippen LogP contribution is 2.31. The van der Waals surface area contributed by atoms with Crippen molar-refractivity contribution in [1.82, 2.24) is 14.7 Å². The summed E-state index contributed by atoms with van der Waals surface area (Å²) in [7, 11) is 4.19. The van der Waals surface area contributed by atoms with E-state index in [1.807, 2.05) is 4.90 Å². The quantitative estimate of drug-likeness (QED) is 0.435. The number of hydrogen-bond acceptors (Lipinski definition) is 5. The first-order valence-corrected chi connectivity index (χ1v) is 13.7. The van der Waals surface area contributed by atoms with Crippen molar-refractivity contribution in [3.63, 3.8) is 0 Å². The molecule has 2 fully saturated rings. The number of alkyl halides is 3. The van der Waals surface area contributed by atoms with Crippen LogP contribution < -0.4 is 10.2 Å². The Labute approximate surface area is 232 Å². The molecule has 2 aliphatic heterocycles. The Balaban J connectivity index is 1.37. The predicted octanol–water partition coefficient (Wildman–Crippen LogP) is 5.33. The molecule has 4 rings (SSSR count). The van der Waals surface area contributed by atoms with Crippen molar-refractivity contribution >= 4 is 28.9 Å². The maximum atomic E-state index is 15.0. The lowest BCUT2D eigenvalue weighted by molar-refractivity contribution is -0.138. The molecule has 2 heterocycles. The van der Waals surface area contributed by atoms with E-state index < -0.39 is 24.3 Å². The number of piperidine rings is 1. The molecule has 2 saturated heterocycles. The first-order chi connectivity index (χ1) is 18.5. The van der Waals surface area contributed by atoms with E-state index in [0.717, 1.165) is 31.5 Å². The van der Waals surface area contributed by atoms with Crippen molar-refractivity contribution < 1.29 is 22.4 Å². The van der Waals surface area contributed by atoms with Crippen molar-refractivity contribution in [3.8, 4) is 0 Å². The van der Waals surface area contributed by atoms with Gasteiger partial charge in [0.25, 0.3) is 5.91 Å². The van der Waals surface area contributed by atoms with E-state index in [2.05, 4.69) is 29.2 Å². The van der Waals surface area contributed by atoms with Crippen LogP contribution in [0.2, 0.25) is 5.02 Å². The number of rotatable bonds is 8. The third kappa shape index (κ3) is 8.30. The lowest BCUT2D eigenvalue weighted by atomic mass is 10.0. The fraction of sp³-hybridized carbons (Fsp3) is 0.536. The van der Waals surface area contributed by atoms with Crippen molar-refractivity contribution in [2.45, 2.75) is 38.0 Å². The number of halogens is 5. The van der Waals surface area contributed by atoms with Crippen LogP contribution in [0, 0.1) is 5.82 Å². The highest BCUT2D eigenvalue weighted by molar-refractivity contribution is 6.31. The number of carbonyl (C=O) groups is 1. The van der Waals surface area contributed by atoms with Gasteiger partial charge in [-0.15, -0.1) is 0 Å². The molecular weight excluding hydrogens is 534 g/mol. The highest BCUT2D eigenvalue weighted by Gasteiger charge is 2.29. The second-order valence-electron chi connectivity index (χ2n) is 10.6. The third-order valence-electron chi connectivity index (χ3n) is 7.60. The zero-order chi connectivity index (χ0) is 28.2. The van der Waals surface area contributed by atoms with Gasteiger partial charge in [-0.3, -0.25) is 14.6 Å². The van der Waals surface area contributed by atoms with Gasteiger partial charge in [0.1, 0.15) is 5.82 Å². The van der Waals surface area contributed by atoms with Gasteiger partial charge in [-0.1, -0.05) is 17.7 Å². The lowest BCUT2D eigenvalue weighted by Gasteiger charge is -2.37. The lowest BCUT2D eigenvalue weighted by Crippen LogP contribution is -2.47. The van der Waals surface area contributed by atoms with E-state index in [-0.39, 0.29) is 12.1 Å². The van der Waals surface area contributed by atoms with Crippen LogP contribution in [0.15, 0.2) is 36.4 Å². The molecule has 39 heavy (non-hydrogen) atoms. The second kappa shape index (κ2) is 12.8. The molecule has 0 aliphatic carbocycles. The Morgan fingerprint density at radius 2 is 1.69 bits per heavy atom. The van der Waals surface area contributed by atoms with Crippen molar-refractivity contribution in [2.24, 2.45) is 0 Å². The molecule has 0 saturated carbocycles. The molecule has 2 aliphatic rings. The fourth-order valence-corrected chi connectivity index (χ4v) is 5.42. The van der Waals surface area contributed by atoms with Crippen LogP contribution >= 0.6 is 11.6 Å². The highest BCUT2D eigenvalue weighted by atomic mass is 35.5. The number of carbonyl (C=O) groups excluding carboxylic acids is 1. The zero-order valence-corrected chi connectivity index (χ0v) is 23.2. The molecule has 2 aromatic rings. The van der Waals surface area contributed by atoms with Gasteiger partial charge in [-0.05, 0) is 75.9 Å². The maximum Gasteiger partial charge on any atom is 0.390 e. The smallest absolute Gasteiger partial charge is 0.367 e. The van der Waals surface area contributed by atoms with Gasteiger partial charge in [0.05, 0.1) is 23.4 Å². The van der Waals surface area contributed by atoms with Gasteiger partial charge < -0.3 is 15.1 Å². The minimum Gasteiger partial charge on any atom is -0.367 e. The van der Waals surface area contributed by atoms with Crippen LogP contribution in [0.3, 0.4) is 0 Å². The number of likely N-dealkylation sites (tertiary alicyclic amines) is 1. The summed E-state index contributed by atoms with van der Waals surface area (Å²) in [6, 6.07) is 10.3. The number of benzene rings is 2. The molecule has 0 spiro atoms. The van der Waals surface area contributed by atoms with E-state index >= 15 is 4.39 Å². The van der Waals surface area contributed by atoms with E-state index in [1.54, 1.807) is 29.2 Å². The van der Waals surface area contributed by atoms with Crippen molar-refractivity contribution in [2.75, 3.05) is 70.1 Å². The van der Waals surface area contributed by atoms with E-state index in [0.29, 0.717) is 55.2 Å². The van der Waals surface area contributed by atoms with Crippen LogP contribution in [0.25, 0.3) is 0 Å². The number of amides is 1. The molecule has 11 heteroatoms. The summed E-state index contributed by atoms with van der Waals surface area (Å²) in [5.74, 6) is -1.15. The number of hydrogen-bond donors (Lipinski definition) is 1. The van der Waals surface area contributed by atoms with Crippen molar-refractivity contribution in [1.29, 1.82) is 0 Å². The van der Waals surface area contributed by atoms with E-state index in [9.17, 15) is 18.0 Å². The first-order valence-electron chi connectivity index (χ1n) is 13.3. The Morgan fingerprint density at radius 3 is 2.31 bits per heavy atom. The SMILES string of the molecule is CN(C)C1CCN(Cc2ccc(C(=O)Nc3ccc(Cl)cc3N3CCN(CCC(F)(F)F)CC3)c(F)c2)CC1. The van der Waals surface area contributed by atoms with Gasteiger partial charge in [-0.25, -0.2) is 4.39 Å². The maximum absolute atomic E-state index is 15.0. The van der Waals surface area contributed by atoms with Crippen LogP contribution in [0.4, 0.5) is 28.9 Å². The molecule has 2 aromatic carbocycles. The summed E-state index contributed by atoms with van der Waals surface area (Å²) in [5, 5.41) is 3.27. The summed E-state index contributed by atoms with van der Waals surface area (Å²) >= 11 is 6.22. The van der Waals surface area contributed by atoms with E-state index in [1.165, 1.54) is 12.1 Å². The summed E-state index contributed by atoms with van der Waals surface area (Å²) in [6.45, 7) is 4.37. The number of piperazine rings is 1. The standard InChI is InChI=1S/C28H36ClF4N5O/c1-35(2)22-7-10-37(11-8-22)19-20-3-5-23(24(30)17-20)27(39)34-25-6-4-21(29)18-26(25)38-15-13-36(14-16-38)12-9-28(31,32)33/h3-6,17-18,22H,7-16,19H2,1-2H3,(H,34,39). The summed E-state index contributed by atoms with van der Waals surface area (Å²) in [6.07, 6.45) is -2.88. The minimum absolute atomic E-state index is 0.0416. The molecule has 0 atom stereocenters. The Bertz CT molecular complexity index is 1130. The van der Waals surface area contributed by atoms with Gasteiger partial charge in [0, 0.05) is 50.3 Å². The fourth-order valence-electron chi connectivity index (χ4n) is 5.25. The molecular formula is C28H36ClF4N5O. The van der Waals surface area contributed by atoms with Gasteiger partial charge >= 0.3 is 6.18 Å². The zero-order valence-electron chi connectivity index (χ0n) is 22.4. The average Bonchev–Trinajstić information content (AvgIpc) is 2.89. The first kappa shape index (κ1) is 29.6. The number of anilines is 2. The summed E-state index contributed by atoms with van der Waals surface area (Å²) in [4.78, 5) is 21.4. The van der Waals surface area contributed by atoms with Crippen LogP contribution in [-0.4, -0.2) is 92.7 Å². The Kier molecular flexibility index (Phi) is 9.74. The van der Waals surface area contributed by atoms with Crippen LogP contribution in [-0.2, 0) is 6.54 Å². The molecule has 6 nitrogen and oxygen atoms in total. The van der Waals surface area contributed by atoms with E-state index in [4.69, 9.17) is 11.6 Å². The van der Waals surface area contributed by atoms with Gasteiger partial charge in [0.15, 0.2) is 0 Å². The normalized spacial score (nSPS) is 18.1. The van der Waals surface area contributed by atoms with Gasteiger partial charge in [-0.2, -0.15) is 13.2 Å².